The van der Waals surface area contributed by atoms with Gasteiger partial charge < -0.3 is 9.47 Å². The smallest absolute Gasteiger partial charge is 0.343 e. The lowest BCUT2D eigenvalue weighted by Gasteiger charge is -2.32. The fourth-order valence-electron chi connectivity index (χ4n) is 3.84. The Morgan fingerprint density at radius 2 is 2.04 bits per heavy atom. The van der Waals surface area contributed by atoms with Crippen LogP contribution >= 0.6 is 0 Å². The van der Waals surface area contributed by atoms with E-state index in [1.165, 1.54) is 10.4 Å². The van der Waals surface area contributed by atoms with E-state index in [0.29, 0.717) is 56.6 Å². The molecule has 4 rings (SSSR count). The number of rotatable bonds is 5. The zero-order valence-electron chi connectivity index (χ0n) is 15.8. The van der Waals surface area contributed by atoms with Crippen molar-refractivity contribution in [3.8, 4) is 11.5 Å². The summed E-state index contributed by atoms with van der Waals surface area (Å²) in [5, 5.41) is 6.58. The van der Waals surface area contributed by atoms with Gasteiger partial charge in [-0.3, -0.25) is 4.57 Å². The van der Waals surface area contributed by atoms with Crippen molar-refractivity contribution in [2.24, 2.45) is 5.92 Å². The van der Waals surface area contributed by atoms with Crippen LogP contribution < -0.4 is 15.2 Å². The maximum atomic E-state index is 13.2. The number of aromatic amines is 1. The molecule has 9 nitrogen and oxygen atoms in total. The van der Waals surface area contributed by atoms with Crippen LogP contribution in [0.25, 0.3) is 0 Å². The minimum absolute atomic E-state index is 0.112. The number of benzene rings is 1. The molecule has 1 saturated heterocycles. The fourth-order valence-corrected chi connectivity index (χ4v) is 5.41. The highest BCUT2D eigenvalue weighted by molar-refractivity contribution is 7.89. The van der Waals surface area contributed by atoms with Crippen molar-refractivity contribution in [2.75, 3.05) is 26.3 Å². The summed E-state index contributed by atoms with van der Waals surface area (Å²) in [5.74, 6) is 1.82. The number of nitrogens with one attached hydrogen (secondary N) is 1. The highest BCUT2D eigenvalue weighted by Crippen LogP contribution is 2.34. The Balaban J connectivity index is 1.52. The van der Waals surface area contributed by atoms with Crippen LogP contribution in [0.1, 0.15) is 25.6 Å². The van der Waals surface area contributed by atoms with E-state index >= 15 is 0 Å². The fraction of sp³-hybridized carbons (Fsp3) is 0.556. The second-order valence-corrected chi connectivity index (χ2v) is 9.01. The van der Waals surface area contributed by atoms with Crippen LogP contribution in [0.5, 0.6) is 11.5 Å². The van der Waals surface area contributed by atoms with Gasteiger partial charge in [0.2, 0.25) is 10.0 Å². The highest BCUT2D eigenvalue weighted by atomic mass is 32.2. The molecule has 1 aromatic heterocycles. The van der Waals surface area contributed by atoms with Gasteiger partial charge in [0.1, 0.15) is 19.0 Å². The van der Waals surface area contributed by atoms with Crippen molar-refractivity contribution in [3.05, 3.63) is 34.5 Å². The van der Waals surface area contributed by atoms with E-state index in [1.807, 2.05) is 6.92 Å². The minimum Gasteiger partial charge on any atom is -0.486 e. The number of nitrogens with zero attached hydrogens (tertiary/aromatic N) is 3. The van der Waals surface area contributed by atoms with Gasteiger partial charge in [0.15, 0.2) is 11.5 Å². The molecule has 1 atom stereocenters. The average molecular weight is 408 g/mol. The molecular weight excluding hydrogens is 384 g/mol. The number of ether oxygens (including phenoxy) is 2. The maximum absolute atomic E-state index is 13.2. The van der Waals surface area contributed by atoms with Crippen LogP contribution in [-0.2, 0) is 23.0 Å². The third-order valence-electron chi connectivity index (χ3n) is 5.26. The monoisotopic (exact) mass is 408 g/mol. The van der Waals surface area contributed by atoms with Crippen molar-refractivity contribution in [1.82, 2.24) is 19.1 Å². The average Bonchev–Trinajstić information content (AvgIpc) is 3.07. The zero-order chi connectivity index (χ0) is 19.7. The van der Waals surface area contributed by atoms with Crippen LogP contribution in [0.15, 0.2) is 27.9 Å². The molecule has 0 unspecified atom stereocenters. The summed E-state index contributed by atoms with van der Waals surface area (Å²) in [7, 11) is -3.63. The SMILES string of the molecule is CCn1c(C[C@@H]2CCCN(S(=O)(=O)c3ccc4c(c3)OCCO4)C2)n[nH]c1=O. The standard InChI is InChI=1S/C18H24N4O5S/c1-2-22-17(19-20-18(22)23)10-13-4-3-7-21(12-13)28(24,25)14-5-6-15-16(11-14)27-9-8-26-15/h5-6,11,13H,2-4,7-10,12H2,1H3,(H,20,23)/t13-/m0/s1. The van der Waals surface area contributed by atoms with Gasteiger partial charge in [0.25, 0.3) is 0 Å². The van der Waals surface area contributed by atoms with Crippen LogP contribution in [0.2, 0.25) is 0 Å². The van der Waals surface area contributed by atoms with E-state index in [-0.39, 0.29) is 16.5 Å². The van der Waals surface area contributed by atoms with Crippen LogP contribution in [0.4, 0.5) is 0 Å². The quantitative estimate of drug-likeness (QED) is 0.791. The molecule has 0 spiro atoms. The summed E-state index contributed by atoms with van der Waals surface area (Å²) in [5.41, 5.74) is -0.228. The third kappa shape index (κ3) is 3.53. The normalized spacial score (nSPS) is 20.2. The van der Waals surface area contributed by atoms with Crippen molar-refractivity contribution in [1.29, 1.82) is 0 Å². The van der Waals surface area contributed by atoms with Crippen molar-refractivity contribution >= 4 is 10.0 Å². The molecule has 1 N–H and O–H groups in total. The number of hydrogen-bond donors (Lipinski definition) is 1. The summed E-state index contributed by atoms with van der Waals surface area (Å²) >= 11 is 0. The summed E-state index contributed by atoms with van der Waals surface area (Å²) in [4.78, 5) is 12.0. The molecule has 1 aromatic carbocycles. The number of sulfonamides is 1. The van der Waals surface area contributed by atoms with Gasteiger partial charge in [-0.05, 0) is 37.8 Å². The first kappa shape index (κ1) is 19.0. The van der Waals surface area contributed by atoms with E-state index in [0.717, 1.165) is 12.8 Å². The molecule has 0 radical (unpaired) electrons. The number of aromatic nitrogens is 3. The first-order valence-corrected chi connectivity index (χ1v) is 11.0. The predicted molar refractivity (Wildman–Crippen MR) is 101 cm³/mol. The molecule has 1 fully saturated rings. The van der Waals surface area contributed by atoms with E-state index < -0.39 is 10.0 Å². The Morgan fingerprint density at radius 1 is 1.25 bits per heavy atom. The Hall–Kier alpha value is -2.33. The summed E-state index contributed by atoms with van der Waals surface area (Å²) < 4.78 is 40.4. The van der Waals surface area contributed by atoms with E-state index in [4.69, 9.17) is 9.47 Å². The first-order chi connectivity index (χ1) is 13.5. The minimum atomic E-state index is -3.63. The van der Waals surface area contributed by atoms with Crippen molar-refractivity contribution < 1.29 is 17.9 Å². The third-order valence-corrected chi connectivity index (χ3v) is 7.12. The van der Waals surface area contributed by atoms with Gasteiger partial charge in [-0.25, -0.2) is 18.3 Å². The maximum Gasteiger partial charge on any atom is 0.343 e. The van der Waals surface area contributed by atoms with Gasteiger partial charge in [0, 0.05) is 32.1 Å². The van der Waals surface area contributed by atoms with Crippen LogP contribution in [0.3, 0.4) is 0 Å². The van der Waals surface area contributed by atoms with E-state index in [9.17, 15) is 13.2 Å². The van der Waals surface area contributed by atoms with Crippen LogP contribution in [0, 0.1) is 5.92 Å². The molecule has 28 heavy (non-hydrogen) atoms. The largest absolute Gasteiger partial charge is 0.486 e. The molecule has 0 aliphatic carbocycles. The predicted octanol–water partition coefficient (Wildman–Crippen LogP) is 1.01. The molecule has 0 bridgehead atoms. The molecule has 0 amide bonds. The topological polar surface area (TPSA) is 107 Å². The zero-order valence-corrected chi connectivity index (χ0v) is 16.6. The van der Waals surface area contributed by atoms with Gasteiger partial charge in [-0.15, -0.1) is 0 Å². The molecule has 2 aromatic rings. The number of H-pyrrole nitrogens is 1. The first-order valence-electron chi connectivity index (χ1n) is 9.53. The Morgan fingerprint density at radius 3 is 2.82 bits per heavy atom. The second kappa shape index (κ2) is 7.59. The molecule has 2 aliphatic heterocycles. The van der Waals surface area contributed by atoms with E-state index in [2.05, 4.69) is 10.2 Å². The second-order valence-electron chi connectivity index (χ2n) is 7.07. The molecule has 2 aliphatic rings. The van der Waals surface area contributed by atoms with Gasteiger partial charge in [-0.2, -0.15) is 9.40 Å². The lowest BCUT2D eigenvalue weighted by molar-refractivity contribution is 0.171. The van der Waals surface area contributed by atoms with Gasteiger partial charge >= 0.3 is 5.69 Å². The molecule has 152 valence electrons. The van der Waals surface area contributed by atoms with E-state index in [1.54, 1.807) is 16.7 Å². The Labute approximate surface area is 163 Å². The summed E-state index contributed by atoms with van der Waals surface area (Å²) in [6, 6.07) is 4.75. The number of fused-ring (bicyclic) bond motifs is 1. The highest BCUT2D eigenvalue weighted by Gasteiger charge is 2.32. The number of hydrogen-bond acceptors (Lipinski definition) is 6. The summed E-state index contributed by atoms with van der Waals surface area (Å²) in [6.45, 7) is 4.18. The van der Waals surface area contributed by atoms with Crippen molar-refractivity contribution in [2.45, 2.75) is 37.6 Å². The van der Waals surface area contributed by atoms with Crippen LogP contribution in [-0.4, -0.2) is 53.8 Å². The number of piperidine rings is 1. The van der Waals surface area contributed by atoms with Crippen molar-refractivity contribution in [3.63, 3.8) is 0 Å². The molecule has 3 heterocycles. The molecule has 0 saturated carbocycles. The van der Waals surface area contributed by atoms with Gasteiger partial charge in [0.05, 0.1) is 4.90 Å². The van der Waals surface area contributed by atoms with Gasteiger partial charge in [-0.1, -0.05) is 0 Å². The molecular formula is C18H24N4O5S. The lowest BCUT2D eigenvalue weighted by Crippen LogP contribution is -2.40. The lowest BCUT2D eigenvalue weighted by atomic mass is 9.96. The Kier molecular flexibility index (Phi) is 5.15. The molecule has 10 heteroatoms. The summed E-state index contributed by atoms with van der Waals surface area (Å²) in [6.07, 6.45) is 2.24. The Bertz CT molecular complexity index is 1010.